The molecule has 1 aliphatic carbocycles. The van der Waals surface area contributed by atoms with E-state index in [2.05, 4.69) is 5.32 Å². The first-order chi connectivity index (χ1) is 10.0. The van der Waals surface area contributed by atoms with Crippen molar-refractivity contribution in [3.05, 3.63) is 30.1 Å². The van der Waals surface area contributed by atoms with Crippen molar-refractivity contribution in [3.8, 4) is 5.75 Å². The Morgan fingerprint density at radius 3 is 3.00 bits per heavy atom. The molecule has 1 fully saturated rings. The van der Waals surface area contributed by atoms with Crippen LogP contribution in [0.3, 0.4) is 0 Å². The van der Waals surface area contributed by atoms with Crippen LogP contribution in [-0.2, 0) is 4.79 Å². The molecule has 21 heavy (non-hydrogen) atoms. The van der Waals surface area contributed by atoms with E-state index in [1.807, 2.05) is 6.92 Å². The zero-order chi connectivity index (χ0) is 15.2. The van der Waals surface area contributed by atoms with Gasteiger partial charge in [0.05, 0.1) is 6.04 Å². The first kappa shape index (κ1) is 15.8. The fourth-order valence-corrected chi connectivity index (χ4v) is 2.71. The fraction of sp³-hybridized carbons (Fsp3) is 0.562. The lowest BCUT2D eigenvalue weighted by Crippen LogP contribution is -2.39. The lowest BCUT2D eigenvalue weighted by Gasteiger charge is -2.18. The third-order valence-corrected chi connectivity index (χ3v) is 3.87. The summed E-state index contributed by atoms with van der Waals surface area (Å²) in [5.74, 6) is 0.433. The Hall–Kier alpha value is -1.62. The van der Waals surface area contributed by atoms with Gasteiger partial charge in [-0.3, -0.25) is 4.79 Å². The van der Waals surface area contributed by atoms with Crippen LogP contribution in [0, 0.1) is 11.7 Å². The lowest BCUT2D eigenvalue weighted by atomic mass is 10.00. The number of rotatable bonds is 6. The molecule has 2 rings (SSSR count). The van der Waals surface area contributed by atoms with Gasteiger partial charge in [0, 0.05) is 18.5 Å². The van der Waals surface area contributed by atoms with Crippen molar-refractivity contribution in [1.29, 1.82) is 0 Å². The minimum atomic E-state index is -0.334. The molecule has 1 aromatic rings. The number of hydrogen-bond donors (Lipinski definition) is 2. The summed E-state index contributed by atoms with van der Waals surface area (Å²) in [5.41, 5.74) is 5.97. The first-order valence-electron chi connectivity index (χ1n) is 7.48. The second kappa shape index (κ2) is 7.41. The van der Waals surface area contributed by atoms with Crippen molar-refractivity contribution in [3.63, 3.8) is 0 Å². The van der Waals surface area contributed by atoms with Gasteiger partial charge in [0.1, 0.15) is 18.2 Å². The number of hydrogen-bond acceptors (Lipinski definition) is 3. The maximum Gasteiger partial charge on any atom is 0.220 e. The Balaban J connectivity index is 1.71. The number of carbonyl (C=O) groups is 1. The summed E-state index contributed by atoms with van der Waals surface area (Å²) >= 11 is 0. The van der Waals surface area contributed by atoms with Crippen molar-refractivity contribution < 1.29 is 13.9 Å². The predicted molar refractivity (Wildman–Crippen MR) is 79.4 cm³/mol. The summed E-state index contributed by atoms with van der Waals surface area (Å²) in [5, 5.41) is 2.90. The zero-order valence-electron chi connectivity index (χ0n) is 12.3. The van der Waals surface area contributed by atoms with Crippen LogP contribution in [0.2, 0.25) is 0 Å². The van der Waals surface area contributed by atoms with Crippen molar-refractivity contribution in [1.82, 2.24) is 5.32 Å². The van der Waals surface area contributed by atoms with Gasteiger partial charge in [-0.2, -0.15) is 0 Å². The molecule has 0 saturated heterocycles. The molecule has 4 nitrogen and oxygen atoms in total. The number of halogens is 1. The molecular formula is C16H23FN2O2. The van der Waals surface area contributed by atoms with Crippen LogP contribution in [0.25, 0.3) is 0 Å². The highest BCUT2D eigenvalue weighted by Gasteiger charge is 2.26. The van der Waals surface area contributed by atoms with Gasteiger partial charge in [-0.25, -0.2) is 4.39 Å². The minimum absolute atomic E-state index is 0.00712. The number of nitrogens with two attached hydrogens (primary N) is 1. The van der Waals surface area contributed by atoms with Crippen LogP contribution in [0.5, 0.6) is 5.75 Å². The Bertz CT molecular complexity index is 481. The van der Waals surface area contributed by atoms with Crippen molar-refractivity contribution in [2.45, 2.75) is 44.7 Å². The summed E-state index contributed by atoms with van der Waals surface area (Å²) in [7, 11) is 0. The number of benzene rings is 1. The van der Waals surface area contributed by atoms with Gasteiger partial charge in [-0.05, 0) is 37.8 Å². The minimum Gasteiger partial charge on any atom is -0.491 e. The zero-order valence-corrected chi connectivity index (χ0v) is 12.3. The van der Waals surface area contributed by atoms with Crippen LogP contribution in [0.15, 0.2) is 24.3 Å². The molecule has 5 heteroatoms. The number of nitrogens with one attached hydrogen (secondary N) is 1. The SMILES string of the molecule is CC(COc1cccc(F)c1)NC(=O)C[C@@H]1CCC[C@H]1N. The molecule has 1 amide bonds. The monoisotopic (exact) mass is 294 g/mol. The molecular weight excluding hydrogens is 271 g/mol. The van der Waals surface area contributed by atoms with Gasteiger partial charge in [-0.1, -0.05) is 12.5 Å². The van der Waals surface area contributed by atoms with E-state index in [0.717, 1.165) is 19.3 Å². The van der Waals surface area contributed by atoms with E-state index >= 15 is 0 Å². The van der Waals surface area contributed by atoms with Gasteiger partial charge in [0.2, 0.25) is 5.91 Å². The van der Waals surface area contributed by atoms with Gasteiger partial charge in [-0.15, -0.1) is 0 Å². The van der Waals surface area contributed by atoms with E-state index in [4.69, 9.17) is 10.5 Å². The summed E-state index contributed by atoms with van der Waals surface area (Å²) < 4.78 is 18.5. The van der Waals surface area contributed by atoms with Crippen LogP contribution >= 0.6 is 0 Å². The molecule has 3 N–H and O–H groups in total. The summed E-state index contributed by atoms with van der Waals surface area (Å²) in [6.07, 6.45) is 3.63. The highest BCUT2D eigenvalue weighted by molar-refractivity contribution is 5.76. The third kappa shape index (κ3) is 5.01. The van der Waals surface area contributed by atoms with E-state index in [9.17, 15) is 9.18 Å². The van der Waals surface area contributed by atoms with Crippen molar-refractivity contribution in [2.75, 3.05) is 6.61 Å². The molecule has 0 bridgehead atoms. The second-order valence-electron chi connectivity index (χ2n) is 5.80. The first-order valence-corrected chi connectivity index (χ1v) is 7.48. The third-order valence-electron chi connectivity index (χ3n) is 3.87. The standard InChI is InChI=1S/C16H23FN2O2/c1-11(10-21-14-6-3-5-13(17)9-14)19-16(20)8-12-4-2-7-15(12)18/h3,5-6,9,11-12,15H,2,4,7-8,10,18H2,1H3,(H,19,20)/t11?,12-,15+/m0/s1. The average Bonchev–Trinajstić information content (AvgIpc) is 2.82. The smallest absolute Gasteiger partial charge is 0.220 e. The molecule has 0 spiro atoms. The van der Waals surface area contributed by atoms with Crippen LogP contribution in [0.4, 0.5) is 4.39 Å². The van der Waals surface area contributed by atoms with Crippen LogP contribution in [-0.4, -0.2) is 24.6 Å². The Kier molecular flexibility index (Phi) is 5.56. The quantitative estimate of drug-likeness (QED) is 0.845. The van der Waals surface area contributed by atoms with E-state index in [1.54, 1.807) is 12.1 Å². The fourth-order valence-electron chi connectivity index (χ4n) is 2.71. The molecule has 1 aliphatic rings. The highest BCUT2D eigenvalue weighted by Crippen LogP contribution is 2.26. The molecule has 0 aliphatic heterocycles. The van der Waals surface area contributed by atoms with Gasteiger partial charge in [0.15, 0.2) is 0 Å². The average molecular weight is 294 g/mol. The van der Waals surface area contributed by atoms with E-state index < -0.39 is 0 Å². The Morgan fingerprint density at radius 2 is 2.33 bits per heavy atom. The topological polar surface area (TPSA) is 64.3 Å². The summed E-state index contributed by atoms with van der Waals surface area (Å²) in [4.78, 5) is 11.9. The molecule has 1 aromatic carbocycles. The molecule has 0 radical (unpaired) electrons. The van der Waals surface area contributed by atoms with E-state index in [-0.39, 0.29) is 23.8 Å². The molecule has 0 heterocycles. The maximum atomic E-state index is 13.0. The number of amides is 1. The number of ether oxygens (including phenoxy) is 1. The van der Waals surface area contributed by atoms with Crippen molar-refractivity contribution in [2.24, 2.45) is 11.7 Å². The highest BCUT2D eigenvalue weighted by atomic mass is 19.1. The van der Waals surface area contributed by atoms with Gasteiger partial charge < -0.3 is 15.8 Å². The second-order valence-corrected chi connectivity index (χ2v) is 5.80. The molecule has 1 unspecified atom stereocenters. The molecule has 116 valence electrons. The normalized spacial score (nSPS) is 22.8. The van der Waals surface area contributed by atoms with Crippen molar-refractivity contribution >= 4 is 5.91 Å². The van der Waals surface area contributed by atoms with Gasteiger partial charge in [0.25, 0.3) is 0 Å². The lowest BCUT2D eigenvalue weighted by molar-refractivity contribution is -0.122. The largest absolute Gasteiger partial charge is 0.491 e. The predicted octanol–water partition coefficient (Wildman–Crippen LogP) is 2.23. The van der Waals surface area contributed by atoms with Crippen LogP contribution in [0.1, 0.15) is 32.6 Å². The molecule has 1 saturated carbocycles. The van der Waals surface area contributed by atoms with E-state index in [1.165, 1.54) is 12.1 Å². The van der Waals surface area contributed by atoms with E-state index in [0.29, 0.717) is 24.7 Å². The number of carbonyl (C=O) groups excluding carboxylic acids is 1. The Morgan fingerprint density at radius 1 is 1.52 bits per heavy atom. The summed E-state index contributed by atoms with van der Waals surface area (Å²) in [6.45, 7) is 2.18. The van der Waals surface area contributed by atoms with Gasteiger partial charge >= 0.3 is 0 Å². The molecule has 3 atom stereocenters. The summed E-state index contributed by atoms with van der Waals surface area (Å²) in [6, 6.07) is 5.99. The Labute approximate surface area is 124 Å². The van der Waals surface area contributed by atoms with Crippen LogP contribution < -0.4 is 15.8 Å². The maximum absolute atomic E-state index is 13.0. The molecule has 0 aromatic heterocycles.